The lowest BCUT2D eigenvalue weighted by atomic mass is 10.1. The summed E-state index contributed by atoms with van der Waals surface area (Å²) in [7, 11) is 0. The number of carbonyl (C=O) groups excluding carboxylic acids is 1. The summed E-state index contributed by atoms with van der Waals surface area (Å²) >= 11 is 0. The molecule has 1 amide bonds. The van der Waals surface area contributed by atoms with Gasteiger partial charge in [0, 0.05) is 13.1 Å². The molecule has 1 N–H and O–H groups in total. The van der Waals surface area contributed by atoms with Crippen LogP contribution < -0.4 is 5.32 Å². The zero-order valence-corrected chi connectivity index (χ0v) is 14.3. The fourth-order valence-corrected chi connectivity index (χ4v) is 3.70. The predicted octanol–water partition coefficient (Wildman–Crippen LogP) is 2.30. The van der Waals surface area contributed by atoms with Gasteiger partial charge < -0.3 is 9.80 Å². The molecule has 0 radical (unpaired) electrons. The van der Waals surface area contributed by atoms with Gasteiger partial charge in [-0.3, -0.25) is 10.1 Å². The molecule has 0 saturated carbocycles. The van der Waals surface area contributed by atoms with Gasteiger partial charge in [-0.1, -0.05) is 27.7 Å². The van der Waals surface area contributed by atoms with E-state index in [1.54, 1.807) is 0 Å². The van der Waals surface area contributed by atoms with E-state index in [-0.39, 0.29) is 12.2 Å². The minimum Gasteiger partial charge on any atom is -0.325 e. The van der Waals surface area contributed by atoms with Crippen molar-refractivity contribution in [1.29, 1.82) is 0 Å². The smallest absolute Gasteiger partial charge is 0.241 e. The molecule has 4 nitrogen and oxygen atoms in total. The van der Waals surface area contributed by atoms with Crippen LogP contribution in [0.4, 0.5) is 0 Å². The Kier molecular flexibility index (Phi) is 6.06. The van der Waals surface area contributed by atoms with E-state index in [2.05, 4.69) is 42.8 Å². The molecule has 0 bridgehead atoms. The maximum absolute atomic E-state index is 12.6. The molecular weight excluding hydrogens is 262 g/mol. The maximum atomic E-state index is 12.6. The van der Waals surface area contributed by atoms with Crippen LogP contribution in [0.25, 0.3) is 0 Å². The van der Waals surface area contributed by atoms with E-state index < -0.39 is 0 Å². The van der Waals surface area contributed by atoms with Gasteiger partial charge in [-0.05, 0) is 50.6 Å². The van der Waals surface area contributed by atoms with Gasteiger partial charge in [0.1, 0.15) is 0 Å². The second-order valence-corrected chi connectivity index (χ2v) is 7.38. The van der Waals surface area contributed by atoms with Gasteiger partial charge in [-0.25, -0.2) is 0 Å². The van der Waals surface area contributed by atoms with Crippen LogP contribution in [0.2, 0.25) is 0 Å². The van der Waals surface area contributed by atoms with Gasteiger partial charge in [-0.15, -0.1) is 0 Å². The van der Waals surface area contributed by atoms with Crippen LogP contribution in [0.5, 0.6) is 0 Å². The van der Waals surface area contributed by atoms with Crippen molar-refractivity contribution in [2.45, 2.75) is 65.6 Å². The first-order chi connectivity index (χ1) is 10.0. The minimum absolute atomic E-state index is 0.0349. The predicted molar refractivity (Wildman–Crippen MR) is 87.0 cm³/mol. The molecular formula is C17H33N3O. The van der Waals surface area contributed by atoms with Crippen molar-refractivity contribution in [3.05, 3.63) is 0 Å². The Morgan fingerprint density at radius 2 is 1.86 bits per heavy atom. The minimum atomic E-state index is 0.0349. The number of nitrogens with one attached hydrogen (secondary N) is 1. The summed E-state index contributed by atoms with van der Waals surface area (Å²) in [4.78, 5) is 17.2. The van der Waals surface area contributed by atoms with Crippen LogP contribution in [0.3, 0.4) is 0 Å². The standard InChI is InChI=1S/C17H33N3O/c1-5-15-17(21)20(16(18-15)10-13(2)3)12-14(4)11-19-8-6-7-9-19/h13-16,18H,5-12H2,1-4H3. The molecule has 0 aromatic rings. The average Bonchev–Trinajstić information content (AvgIpc) is 3.01. The van der Waals surface area contributed by atoms with E-state index in [0.717, 1.165) is 25.9 Å². The van der Waals surface area contributed by atoms with Crippen molar-refractivity contribution in [2.75, 3.05) is 26.2 Å². The molecule has 3 atom stereocenters. The summed E-state index contributed by atoms with van der Waals surface area (Å²) in [6.07, 6.45) is 4.86. The van der Waals surface area contributed by atoms with E-state index in [4.69, 9.17) is 0 Å². The molecule has 2 heterocycles. The summed E-state index contributed by atoms with van der Waals surface area (Å²) in [5.41, 5.74) is 0. The first-order valence-electron chi connectivity index (χ1n) is 8.80. The molecule has 122 valence electrons. The number of likely N-dealkylation sites (tertiary alicyclic amines) is 1. The first kappa shape index (κ1) is 16.8. The summed E-state index contributed by atoms with van der Waals surface area (Å²) < 4.78 is 0. The van der Waals surface area contributed by atoms with Gasteiger partial charge >= 0.3 is 0 Å². The molecule has 21 heavy (non-hydrogen) atoms. The summed E-state index contributed by atoms with van der Waals surface area (Å²) in [5.74, 6) is 1.48. The van der Waals surface area contributed by atoms with Crippen LogP contribution in [0.1, 0.15) is 53.4 Å². The highest BCUT2D eigenvalue weighted by Gasteiger charge is 2.38. The lowest BCUT2D eigenvalue weighted by molar-refractivity contribution is -0.130. The Morgan fingerprint density at radius 1 is 1.19 bits per heavy atom. The Hall–Kier alpha value is -0.610. The molecule has 2 fully saturated rings. The van der Waals surface area contributed by atoms with E-state index >= 15 is 0 Å². The van der Waals surface area contributed by atoms with Crippen molar-refractivity contribution in [1.82, 2.24) is 15.1 Å². The highest BCUT2D eigenvalue weighted by Crippen LogP contribution is 2.21. The molecule has 2 rings (SSSR count). The number of hydrogen-bond acceptors (Lipinski definition) is 3. The van der Waals surface area contributed by atoms with E-state index in [0.29, 0.717) is 17.7 Å². The molecule has 2 aliphatic heterocycles. The number of carbonyl (C=O) groups is 1. The van der Waals surface area contributed by atoms with Crippen LogP contribution in [0, 0.1) is 11.8 Å². The third-order valence-corrected chi connectivity index (χ3v) is 4.73. The molecule has 0 aromatic heterocycles. The first-order valence-corrected chi connectivity index (χ1v) is 8.80. The lowest BCUT2D eigenvalue weighted by Gasteiger charge is -2.30. The molecule has 2 aliphatic rings. The van der Waals surface area contributed by atoms with Crippen LogP contribution in [-0.4, -0.2) is 54.1 Å². The summed E-state index contributed by atoms with van der Waals surface area (Å²) in [5, 5.41) is 3.53. The van der Waals surface area contributed by atoms with Gasteiger partial charge in [-0.2, -0.15) is 0 Å². The Labute approximate surface area is 130 Å². The third-order valence-electron chi connectivity index (χ3n) is 4.73. The Bertz CT molecular complexity index is 339. The van der Waals surface area contributed by atoms with Crippen LogP contribution in [-0.2, 0) is 4.79 Å². The number of hydrogen-bond donors (Lipinski definition) is 1. The molecule has 3 unspecified atom stereocenters. The summed E-state index contributed by atoms with van der Waals surface area (Å²) in [6, 6.07) is 0.0349. The number of amides is 1. The number of nitrogens with zero attached hydrogens (tertiary/aromatic N) is 2. The van der Waals surface area contributed by atoms with Crippen molar-refractivity contribution in [3.63, 3.8) is 0 Å². The van der Waals surface area contributed by atoms with Gasteiger partial charge in [0.15, 0.2) is 0 Å². The average molecular weight is 295 g/mol. The second-order valence-electron chi connectivity index (χ2n) is 7.38. The molecule has 4 heteroatoms. The zero-order chi connectivity index (χ0) is 15.4. The molecule has 0 aromatic carbocycles. The topological polar surface area (TPSA) is 35.6 Å². The van der Waals surface area contributed by atoms with E-state index in [9.17, 15) is 4.79 Å². The van der Waals surface area contributed by atoms with Crippen LogP contribution in [0.15, 0.2) is 0 Å². The van der Waals surface area contributed by atoms with Crippen molar-refractivity contribution in [2.24, 2.45) is 11.8 Å². The second kappa shape index (κ2) is 7.59. The Morgan fingerprint density at radius 3 is 2.43 bits per heavy atom. The van der Waals surface area contributed by atoms with E-state index in [1.165, 1.54) is 25.9 Å². The maximum Gasteiger partial charge on any atom is 0.241 e. The monoisotopic (exact) mass is 295 g/mol. The van der Waals surface area contributed by atoms with Crippen molar-refractivity contribution in [3.8, 4) is 0 Å². The largest absolute Gasteiger partial charge is 0.325 e. The molecule has 0 spiro atoms. The fourth-order valence-electron chi connectivity index (χ4n) is 3.70. The lowest BCUT2D eigenvalue weighted by Crippen LogP contribution is -2.42. The molecule has 0 aliphatic carbocycles. The highest BCUT2D eigenvalue weighted by molar-refractivity contribution is 5.84. The van der Waals surface area contributed by atoms with Gasteiger partial charge in [0.2, 0.25) is 5.91 Å². The Balaban J connectivity index is 1.91. The quantitative estimate of drug-likeness (QED) is 0.783. The van der Waals surface area contributed by atoms with Crippen LogP contribution >= 0.6 is 0 Å². The zero-order valence-electron chi connectivity index (χ0n) is 14.3. The van der Waals surface area contributed by atoms with Crippen molar-refractivity contribution < 1.29 is 4.79 Å². The van der Waals surface area contributed by atoms with E-state index in [1.807, 2.05) is 0 Å². The molecule has 2 saturated heterocycles. The number of rotatable bonds is 7. The highest BCUT2D eigenvalue weighted by atomic mass is 16.2. The normalized spacial score (nSPS) is 28.8. The fraction of sp³-hybridized carbons (Fsp3) is 0.941. The summed E-state index contributed by atoms with van der Waals surface area (Å²) in [6.45, 7) is 13.4. The van der Waals surface area contributed by atoms with Crippen molar-refractivity contribution >= 4 is 5.91 Å². The SMILES string of the molecule is CCC1NC(CC(C)C)N(CC(C)CN2CCCC2)C1=O. The third kappa shape index (κ3) is 4.43. The van der Waals surface area contributed by atoms with Gasteiger partial charge in [0.05, 0.1) is 12.2 Å². The van der Waals surface area contributed by atoms with Gasteiger partial charge in [0.25, 0.3) is 0 Å².